The van der Waals surface area contributed by atoms with Crippen molar-refractivity contribution in [2.24, 2.45) is 11.0 Å². The van der Waals surface area contributed by atoms with E-state index < -0.39 is 11.7 Å². The van der Waals surface area contributed by atoms with Gasteiger partial charge in [0.25, 0.3) is 0 Å². The number of Topliss-reactive ketones (excluding diaryl/α,β-unsaturated/α-hetero) is 1. The van der Waals surface area contributed by atoms with Gasteiger partial charge < -0.3 is 5.32 Å². The summed E-state index contributed by atoms with van der Waals surface area (Å²) in [6.45, 7) is 1.94. The first-order valence-electron chi connectivity index (χ1n) is 10.9. The third-order valence-electron chi connectivity index (χ3n) is 5.96. The first-order chi connectivity index (χ1) is 15.7. The lowest BCUT2D eigenvalue weighted by molar-refractivity contribution is -0.138. The van der Waals surface area contributed by atoms with E-state index in [9.17, 15) is 22.8 Å². The molecule has 2 aliphatic rings. The molecule has 0 saturated carbocycles. The maximum Gasteiger partial charge on any atom is 0.416 e. The number of halogens is 3. The van der Waals surface area contributed by atoms with E-state index in [0.29, 0.717) is 37.0 Å². The van der Waals surface area contributed by atoms with Crippen LogP contribution in [-0.2, 0) is 22.2 Å². The number of nitrogens with zero attached hydrogens (tertiary/aromatic N) is 1. The Morgan fingerprint density at radius 3 is 2.48 bits per heavy atom. The van der Waals surface area contributed by atoms with Crippen molar-refractivity contribution in [2.45, 2.75) is 45.2 Å². The molecule has 0 fully saturated rings. The number of anilines is 1. The lowest BCUT2D eigenvalue weighted by atomic mass is 9.88. The Morgan fingerprint density at radius 2 is 1.79 bits per heavy atom. The highest BCUT2D eigenvalue weighted by Crippen LogP contribution is 2.34. The second kappa shape index (κ2) is 9.21. The normalized spacial score (nSPS) is 19.3. The van der Waals surface area contributed by atoms with E-state index in [0.717, 1.165) is 23.0 Å². The van der Waals surface area contributed by atoms with E-state index in [4.69, 9.17) is 0 Å². The van der Waals surface area contributed by atoms with E-state index in [-0.39, 0.29) is 29.6 Å². The van der Waals surface area contributed by atoms with E-state index >= 15 is 0 Å². The van der Waals surface area contributed by atoms with Crippen LogP contribution in [0.3, 0.4) is 0 Å². The Balaban J connectivity index is 1.59. The summed E-state index contributed by atoms with van der Waals surface area (Å²) in [5.41, 5.74) is 5.34. The number of amides is 1. The number of ketones is 1. The van der Waals surface area contributed by atoms with Crippen LogP contribution in [-0.4, -0.2) is 17.4 Å². The molecular formula is C25H24F3N3O2. The highest BCUT2D eigenvalue weighted by molar-refractivity contribution is 6.05. The zero-order valence-electron chi connectivity index (χ0n) is 18.1. The number of hydrogen-bond donors (Lipinski definition) is 2. The zero-order valence-corrected chi connectivity index (χ0v) is 18.1. The molecule has 1 atom stereocenters. The van der Waals surface area contributed by atoms with E-state index in [2.05, 4.69) is 15.8 Å². The summed E-state index contributed by atoms with van der Waals surface area (Å²) in [7, 11) is 0. The molecule has 1 aliphatic heterocycles. The van der Waals surface area contributed by atoms with Gasteiger partial charge in [-0.15, -0.1) is 0 Å². The fraction of sp³-hybridized carbons (Fsp3) is 0.320. The number of rotatable bonds is 5. The van der Waals surface area contributed by atoms with Crippen molar-refractivity contribution in [3.05, 3.63) is 76.5 Å². The molecule has 2 aromatic carbocycles. The molecule has 0 unspecified atom stereocenters. The van der Waals surface area contributed by atoms with E-state index in [1.165, 1.54) is 12.1 Å². The van der Waals surface area contributed by atoms with E-state index in [1.807, 2.05) is 31.2 Å². The number of nitrogens with one attached hydrogen (secondary N) is 2. The topological polar surface area (TPSA) is 70.6 Å². The van der Waals surface area contributed by atoms with Gasteiger partial charge in [-0.05, 0) is 42.2 Å². The van der Waals surface area contributed by atoms with Crippen LogP contribution in [0.15, 0.2) is 64.9 Å². The zero-order chi connectivity index (χ0) is 23.6. The Hall–Kier alpha value is -3.42. The van der Waals surface area contributed by atoms with Gasteiger partial charge in [-0.25, -0.2) is 5.43 Å². The molecule has 2 N–H and O–H groups in total. The SMILES string of the molecule is C[C@@H]1CC(=O)NN=C1c1ccc(NC2=C(Cc3ccccc3C(F)(F)F)C(=O)CCC2)cc1. The minimum Gasteiger partial charge on any atom is -0.359 e. The summed E-state index contributed by atoms with van der Waals surface area (Å²) in [4.78, 5) is 24.1. The quantitative estimate of drug-likeness (QED) is 0.649. The number of hydrogen-bond acceptors (Lipinski definition) is 4. The molecule has 2 aromatic rings. The van der Waals surface area contributed by atoms with Gasteiger partial charge in [0, 0.05) is 42.1 Å². The lowest BCUT2D eigenvalue weighted by Crippen LogP contribution is -2.31. The Kier molecular flexibility index (Phi) is 6.35. The van der Waals surface area contributed by atoms with Crippen LogP contribution < -0.4 is 10.7 Å². The summed E-state index contributed by atoms with van der Waals surface area (Å²) < 4.78 is 40.3. The maximum absolute atomic E-state index is 13.4. The largest absolute Gasteiger partial charge is 0.416 e. The third-order valence-corrected chi connectivity index (χ3v) is 5.96. The van der Waals surface area contributed by atoms with Gasteiger partial charge in [0.15, 0.2) is 5.78 Å². The molecule has 1 amide bonds. The van der Waals surface area contributed by atoms with Crippen LogP contribution in [0, 0.1) is 5.92 Å². The van der Waals surface area contributed by atoms with Gasteiger partial charge in [0.1, 0.15) is 0 Å². The van der Waals surface area contributed by atoms with Gasteiger partial charge >= 0.3 is 6.18 Å². The molecule has 0 saturated heterocycles. The third kappa shape index (κ3) is 5.16. The minimum atomic E-state index is -4.48. The highest BCUT2D eigenvalue weighted by atomic mass is 19.4. The highest BCUT2D eigenvalue weighted by Gasteiger charge is 2.34. The summed E-state index contributed by atoms with van der Waals surface area (Å²) >= 11 is 0. The Morgan fingerprint density at radius 1 is 1.06 bits per heavy atom. The average molecular weight is 455 g/mol. The predicted octanol–water partition coefficient (Wildman–Crippen LogP) is 5.23. The molecule has 8 heteroatoms. The van der Waals surface area contributed by atoms with Crippen LogP contribution in [0.4, 0.5) is 18.9 Å². The second-order valence-corrected chi connectivity index (χ2v) is 8.41. The smallest absolute Gasteiger partial charge is 0.359 e. The van der Waals surface area contributed by atoms with Gasteiger partial charge in [-0.3, -0.25) is 9.59 Å². The number of hydrazone groups is 1. The van der Waals surface area contributed by atoms with Crippen molar-refractivity contribution >= 4 is 23.1 Å². The number of benzene rings is 2. The molecule has 0 bridgehead atoms. The Labute approximate surface area is 189 Å². The van der Waals surface area contributed by atoms with Crippen molar-refractivity contribution in [3.63, 3.8) is 0 Å². The van der Waals surface area contributed by atoms with Gasteiger partial charge in [0.2, 0.25) is 5.91 Å². The lowest BCUT2D eigenvalue weighted by Gasteiger charge is -2.23. The first kappa shape index (κ1) is 22.8. The van der Waals surface area contributed by atoms with Crippen molar-refractivity contribution in [1.29, 1.82) is 0 Å². The molecule has 33 heavy (non-hydrogen) atoms. The molecular weight excluding hydrogens is 431 g/mol. The molecule has 172 valence electrons. The van der Waals surface area contributed by atoms with Gasteiger partial charge in [0.05, 0.1) is 11.3 Å². The number of alkyl halides is 3. The first-order valence-corrected chi connectivity index (χ1v) is 10.9. The molecule has 5 nitrogen and oxygen atoms in total. The number of allylic oxidation sites excluding steroid dienone is 2. The maximum atomic E-state index is 13.4. The number of carbonyl (C=O) groups is 2. The standard InChI is InChI=1S/C25H24F3N3O2/c1-15-13-23(33)30-31-24(15)16-9-11-18(12-10-16)29-21-7-4-8-22(32)19(21)14-17-5-2-3-6-20(17)25(26,27)28/h2-3,5-6,9-12,15,29H,4,7-8,13-14H2,1H3,(H,30,33)/t15-/m1/s1. The molecule has 0 radical (unpaired) electrons. The predicted molar refractivity (Wildman–Crippen MR) is 120 cm³/mol. The molecule has 0 aromatic heterocycles. The number of carbonyl (C=O) groups excluding carboxylic acids is 2. The van der Waals surface area contributed by atoms with Crippen molar-refractivity contribution in [2.75, 3.05) is 5.32 Å². The molecule has 4 rings (SSSR count). The van der Waals surface area contributed by atoms with Crippen LogP contribution in [0.25, 0.3) is 0 Å². The summed E-state index contributed by atoms with van der Waals surface area (Å²) in [6.07, 6.45) is -2.60. The monoisotopic (exact) mass is 455 g/mol. The van der Waals surface area contributed by atoms with Gasteiger partial charge in [-0.2, -0.15) is 18.3 Å². The van der Waals surface area contributed by atoms with Crippen LogP contribution in [0.5, 0.6) is 0 Å². The molecule has 1 heterocycles. The van der Waals surface area contributed by atoms with Crippen LogP contribution >= 0.6 is 0 Å². The van der Waals surface area contributed by atoms with Crippen LogP contribution in [0.2, 0.25) is 0 Å². The molecule has 1 aliphatic carbocycles. The average Bonchev–Trinajstić information content (AvgIpc) is 2.76. The fourth-order valence-electron chi connectivity index (χ4n) is 4.28. The molecule has 0 spiro atoms. The van der Waals surface area contributed by atoms with E-state index in [1.54, 1.807) is 6.07 Å². The van der Waals surface area contributed by atoms with Crippen molar-refractivity contribution < 1.29 is 22.8 Å². The summed E-state index contributed by atoms with van der Waals surface area (Å²) in [5, 5.41) is 7.41. The fourth-order valence-corrected chi connectivity index (χ4v) is 4.28. The van der Waals surface area contributed by atoms with Crippen molar-refractivity contribution in [1.82, 2.24) is 5.43 Å². The minimum absolute atomic E-state index is 0.00321. The van der Waals surface area contributed by atoms with Gasteiger partial charge in [-0.1, -0.05) is 37.3 Å². The summed E-state index contributed by atoms with van der Waals surface area (Å²) in [6, 6.07) is 12.8. The summed E-state index contributed by atoms with van der Waals surface area (Å²) in [5.74, 6) is -0.243. The van der Waals surface area contributed by atoms with Crippen molar-refractivity contribution in [3.8, 4) is 0 Å². The Bertz CT molecular complexity index is 1130. The van der Waals surface area contributed by atoms with Crippen LogP contribution in [0.1, 0.15) is 49.3 Å². The second-order valence-electron chi connectivity index (χ2n) is 8.41.